The van der Waals surface area contributed by atoms with Gasteiger partial charge in [0.1, 0.15) is 6.04 Å². The molecule has 4 rings (SSSR count). The highest BCUT2D eigenvalue weighted by Gasteiger charge is 2.32. The summed E-state index contributed by atoms with van der Waals surface area (Å²) in [5.74, 6) is 1.09. The fraction of sp³-hybridized carbons (Fsp3) is 0.609. The first kappa shape index (κ1) is 22.9. The molecule has 1 heterocycles. The van der Waals surface area contributed by atoms with Crippen LogP contribution in [0.25, 0.3) is 0 Å². The summed E-state index contributed by atoms with van der Waals surface area (Å²) in [5.41, 5.74) is 0.288. The molecular formula is C23H32N4O4S. The lowest BCUT2D eigenvalue weighted by Crippen LogP contribution is -2.38. The van der Waals surface area contributed by atoms with E-state index in [-0.39, 0.29) is 28.3 Å². The fourth-order valence-corrected chi connectivity index (χ4v) is 5.69. The van der Waals surface area contributed by atoms with Gasteiger partial charge in [-0.15, -0.1) is 0 Å². The summed E-state index contributed by atoms with van der Waals surface area (Å²) >= 11 is 0. The van der Waals surface area contributed by atoms with Crippen LogP contribution < -0.4 is 5.32 Å². The molecule has 32 heavy (non-hydrogen) atoms. The van der Waals surface area contributed by atoms with E-state index in [4.69, 9.17) is 4.52 Å². The molecule has 0 spiro atoms. The molecule has 2 aliphatic carbocycles. The van der Waals surface area contributed by atoms with Gasteiger partial charge in [0.15, 0.2) is 5.82 Å². The van der Waals surface area contributed by atoms with Crippen LogP contribution in [0.4, 0.5) is 0 Å². The zero-order valence-corrected chi connectivity index (χ0v) is 19.8. The Kier molecular flexibility index (Phi) is 6.67. The van der Waals surface area contributed by atoms with Crippen molar-refractivity contribution in [1.29, 1.82) is 0 Å². The molecule has 1 N–H and O–H groups in total. The minimum Gasteiger partial charge on any atom is -0.340 e. The molecule has 0 bridgehead atoms. The van der Waals surface area contributed by atoms with E-state index in [2.05, 4.69) is 15.5 Å². The van der Waals surface area contributed by atoms with Crippen molar-refractivity contribution in [2.75, 3.05) is 7.05 Å². The number of nitrogens with zero attached hydrogens (tertiary/aromatic N) is 3. The Morgan fingerprint density at radius 1 is 1.16 bits per heavy atom. The Labute approximate surface area is 189 Å². The highest BCUT2D eigenvalue weighted by molar-refractivity contribution is 7.89. The largest absolute Gasteiger partial charge is 0.340 e. The predicted molar refractivity (Wildman–Crippen MR) is 120 cm³/mol. The lowest BCUT2D eigenvalue weighted by Gasteiger charge is -2.30. The SMILES string of the molecule is CC(C)C(NC(=O)c1cccc(S(=O)(=O)N(C)C2CCCCC2)c1)c1nc(C2CC2)no1. The number of hydrogen-bond acceptors (Lipinski definition) is 6. The molecule has 0 radical (unpaired) electrons. The summed E-state index contributed by atoms with van der Waals surface area (Å²) < 4.78 is 33.3. The summed E-state index contributed by atoms with van der Waals surface area (Å²) in [6, 6.07) is 5.78. The van der Waals surface area contributed by atoms with Gasteiger partial charge in [0.25, 0.3) is 5.91 Å². The van der Waals surface area contributed by atoms with E-state index in [0.717, 1.165) is 44.9 Å². The Bertz CT molecular complexity index is 1060. The average molecular weight is 461 g/mol. The number of sulfonamides is 1. The third kappa shape index (κ3) is 4.88. The molecule has 8 nitrogen and oxygen atoms in total. The van der Waals surface area contributed by atoms with Crippen molar-refractivity contribution in [1.82, 2.24) is 19.8 Å². The highest BCUT2D eigenvalue weighted by Crippen LogP contribution is 2.38. The van der Waals surface area contributed by atoms with Crippen LogP contribution in [0.15, 0.2) is 33.7 Å². The van der Waals surface area contributed by atoms with E-state index in [1.165, 1.54) is 10.4 Å². The van der Waals surface area contributed by atoms with Crippen LogP contribution in [0.2, 0.25) is 0 Å². The molecule has 2 aliphatic rings. The normalized spacial score (nSPS) is 18.8. The lowest BCUT2D eigenvalue weighted by molar-refractivity contribution is 0.0913. The molecule has 1 atom stereocenters. The summed E-state index contributed by atoms with van der Waals surface area (Å²) in [7, 11) is -2.04. The third-order valence-electron chi connectivity index (χ3n) is 6.48. The number of benzene rings is 1. The minimum atomic E-state index is -3.68. The van der Waals surface area contributed by atoms with Gasteiger partial charge in [-0.1, -0.05) is 44.3 Å². The van der Waals surface area contributed by atoms with Crippen molar-refractivity contribution in [2.24, 2.45) is 5.92 Å². The third-order valence-corrected chi connectivity index (χ3v) is 8.39. The van der Waals surface area contributed by atoms with Crippen molar-refractivity contribution in [3.8, 4) is 0 Å². The molecule has 1 aromatic carbocycles. The van der Waals surface area contributed by atoms with Crippen LogP contribution in [0.3, 0.4) is 0 Å². The Morgan fingerprint density at radius 3 is 2.53 bits per heavy atom. The molecule has 9 heteroatoms. The van der Waals surface area contributed by atoms with E-state index < -0.39 is 16.1 Å². The number of aromatic nitrogens is 2. The van der Waals surface area contributed by atoms with Gasteiger partial charge in [-0.3, -0.25) is 4.79 Å². The van der Waals surface area contributed by atoms with Gasteiger partial charge in [-0.25, -0.2) is 8.42 Å². The first-order chi connectivity index (χ1) is 15.3. The van der Waals surface area contributed by atoms with Crippen molar-refractivity contribution in [3.05, 3.63) is 41.5 Å². The standard InChI is InChI=1S/C23H32N4O4S/c1-15(2)20(23-25-21(26-31-23)16-12-13-16)24-22(28)17-8-7-11-19(14-17)32(29,30)27(3)18-9-5-4-6-10-18/h7-8,11,14-16,18,20H,4-6,9-10,12-13H2,1-3H3,(H,24,28). The smallest absolute Gasteiger partial charge is 0.251 e. The summed E-state index contributed by atoms with van der Waals surface area (Å²) in [6.45, 7) is 3.93. The van der Waals surface area contributed by atoms with E-state index in [0.29, 0.717) is 17.6 Å². The molecule has 1 aromatic heterocycles. The maximum Gasteiger partial charge on any atom is 0.251 e. The topological polar surface area (TPSA) is 105 Å². The van der Waals surface area contributed by atoms with Gasteiger partial charge in [-0.05, 0) is 49.8 Å². The monoisotopic (exact) mass is 460 g/mol. The number of nitrogens with one attached hydrogen (secondary N) is 1. The van der Waals surface area contributed by atoms with Gasteiger partial charge < -0.3 is 9.84 Å². The second-order valence-electron chi connectivity index (χ2n) is 9.30. The molecule has 2 fully saturated rings. The van der Waals surface area contributed by atoms with Crippen LogP contribution in [0.1, 0.15) is 92.8 Å². The minimum absolute atomic E-state index is 0.00902. The Hall–Kier alpha value is -2.26. The van der Waals surface area contributed by atoms with Crippen LogP contribution in [-0.4, -0.2) is 41.9 Å². The average Bonchev–Trinajstić information content (AvgIpc) is 3.54. The number of carbonyl (C=O) groups excluding carboxylic acids is 1. The van der Waals surface area contributed by atoms with E-state index in [9.17, 15) is 13.2 Å². The van der Waals surface area contributed by atoms with Gasteiger partial charge in [0.05, 0.1) is 4.90 Å². The Balaban J connectivity index is 1.51. The number of hydrogen-bond donors (Lipinski definition) is 1. The first-order valence-corrected chi connectivity index (χ1v) is 12.9. The molecule has 2 aromatic rings. The zero-order chi connectivity index (χ0) is 22.9. The Morgan fingerprint density at radius 2 is 1.88 bits per heavy atom. The zero-order valence-electron chi connectivity index (χ0n) is 19.0. The maximum atomic E-state index is 13.2. The molecule has 0 aliphatic heterocycles. The molecule has 0 saturated heterocycles. The predicted octanol–water partition coefficient (Wildman–Crippen LogP) is 4.03. The first-order valence-electron chi connectivity index (χ1n) is 11.5. The van der Waals surface area contributed by atoms with Gasteiger partial charge in [-0.2, -0.15) is 9.29 Å². The van der Waals surface area contributed by atoms with Crippen molar-refractivity contribution >= 4 is 15.9 Å². The second-order valence-corrected chi connectivity index (χ2v) is 11.3. The molecule has 1 amide bonds. The number of rotatable bonds is 8. The summed E-state index contributed by atoms with van der Waals surface area (Å²) in [5, 5.41) is 7.00. The van der Waals surface area contributed by atoms with Crippen molar-refractivity contribution in [2.45, 2.75) is 81.7 Å². The number of amides is 1. The van der Waals surface area contributed by atoms with E-state index >= 15 is 0 Å². The number of carbonyl (C=O) groups is 1. The van der Waals surface area contributed by atoms with Gasteiger partial charge in [0, 0.05) is 24.6 Å². The van der Waals surface area contributed by atoms with E-state index in [1.807, 2.05) is 13.8 Å². The molecule has 2 saturated carbocycles. The molecular weight excluding hydrogens is 428 g/mol. The van der Waals surface area contributed by atoms with Gasteiger partial charge >= 0.3 is 0 Å². The molecule has 174 valence electrons. The van der Waals surface area contributed by atoms with Crippen LogP contribution in [0.5, 0.6) is 0 Å². The fourth-order valence-electron chi connectivity index (χ4n) is 4.22. The maximum absolute atomic E-state index is 13.2. The van der Waals surface area contributed by atoms with Crippen LogP contribution in [-0.2, 0) is 10.0 Å². The summed E-state index contributed by atoms with van der Waals surface area (Å²) in [4.78, 5) is 17.6. The lowest BCUT2D eigenvalue weighted by atomic mass is 9.96. The van der Waals surface area contributed by atoms with Gasteiger partial charge in [0.2, 0.25) is 15.9 Å². The summed E-state index contributed by atoms with van der Waals surface area (Å²) in [6.07, 6.45) is 7.11. The van der Waals surface area contributed by atoms with Crippen molar-refractivity contribution in [3.63, 3.8) is 0 Å². The highest BCUT2D eigenvalue weighted by atomic mass is 32.2. The van der Waals surface area contributed by atoms with E-state index in [1.54, 1.807) is 25.2 Å². The quantitative estimate of drug-likeness (QED) is 0.638. The second kappa shape index (κ2) is 9.31. The van der Waals surface area contributed by atoms with Crippen LogP contribution >= 0.6 is 0 Å². The van der Waals surface area contributed by atoms with Crippen molar-refractivity contribution < 1.29 is 17.7 Å². The van der Waals surface area contributed by atoms with Crippen LogP contribution in [0, 0.1) is 5.92 Å². The molecule has 1 unspecified atom stereocenters.